The monoisotopic (exact) mass is 463 g/mol. The van der Waals surface area contributed by atoms with E-state index in [1.54, 1.807) is 11.8 Å². The van der Waals surface area contributed by atoms with Crippen molar-refractivity contribution in [2.24, 2.45) is 5.92 Å². The summed E-state index contributed by atoms with van der Waals surface area (Å²) in [5.74, 6) is -0.597. The molecule has 0 aliphatic carbocycles. The van der Waals surface area contributed by atoms with Gasteiger partial charge in [-0.3, -0.25) is 9.59 Å². The Kier molecular flexibility index (Phi) is 11.1. The highest BCUT2D eigenvalue weighted by molar-refractivity contribution is 5.86. The SMILES string of the molecule is CCOC(=O)CNN(C(=O)OCc1ccccc1)[C@@H](CC(C)C)C(=O)N1CCOC(CC)C1. The molecular weight excluding hydrogens is 426 g/mol. The molecule has 1 aliphatic heterocycles. The average molecular weight is 464 g/mol. The van der Waals surface area contributed by atoms with Gasteiger partial charge in [0.25, 0.3) is 0 Å². The summed E-state index contributed by atoms with van der Waals surface area (Å²) in [5, 5.41) is 1.15. The lowest BCUT2D eigenvalue weighted by Gasteiger charge is -2.38. The topological polar surface area (TPSA) is 97.4 Å². The van der Waals surface area contributed by atoms with Crippen molar-refractivity contribution in [1.82, 2.24) is 15.3 Å². The van der Waals surface area contributed by atoms with Crippen molar-refractivity contribution >= 4 is 18.0 Å². The lowest BCUT2D eigenvalue weighted by Crippen LogP contribution is -2.59. The third-order valence-corrected chi connectivity index (χ3v) is 5.30. The van der Waals surface area contributed by atoms with Crippen LogP contribution in [0.1, 0.15) is 46.1 Å². The molecule has 0 radical (unpaired) electrons. The normalized spacial score (nSPS) is 16.9. The van der Waals surface area contributed by atoms with Crippen molar-refractivity contribution in [2.45, 2.75) is 59.3 Å². The van der Waals surface area contributed by atoms with Crippen molar-refractivity contribution in [1.29, 1.82) is 0 Å². The Morgan fingerprint density at radius 1 is 1.18 bits per heavy atom. The number of hydrogen-bond donors (Lipinski definition) is 1. The molecule has 0 bridgehead atoms. The maximum atomic E-state index is 13.6. The van der Waals surface area contributed by atoms with E-state index in [9.17, 15) is 14.4 Å². The smallest absolute Gasteiger partial charge is 0.425 e. The summed E-state index contributed by atoms with van der Waals surface area (Å²) in [6.07, 6.45) is 0.446. The Morgan fingerprint density at radius 2 is 1.91 bits per heavy atom. The number of esters is 1. The Labute approximate surface area is 196 Å². The summed E-state index contributed by atoms with van der Waals surface area (Å²) in [5.41, 5.74) is 3.62. The molecular formula is C24H37N3O6. The van der Waals surface area contributed by atoms with Crippen LogP contribution in [0.2, 0.25) is 0 Å². The van der Waals surface area contributed by atoms with Crippen LogP contribution in [0, 0.1) is 5.92 Å². The molecule has 2 rings (SSSR count). The van der Waals surface area contributed by atoms with Crippen LogP contribution in [-0.2, 0) is 30.4 Å². The van der Waals surface area contributed by atoms with Crippen molar-refractivity contribution in [3.63, 3.8) is 0 Å². The lowest BCUT2D eigenvalue weighted by atomic mass is 10.0. The van der Waals surface area contributed by atoms with Gasteiger partial charge in [-0.05, 0) is 31.2 Å². The van der Waals surface area contributed by atoms with E-state index in [0.717, 1.165) is 17.0 Å². The summed E-state index contributed by atoms with van der Waals surface area (Å²) in [6.45, 7) is 9.07. The summed E-state index contributed by atoms with van der Waals surface area (Å²) in [7, 11) is 0. The minimum Gasteiger partial charge on any atom is -0.465 e. The molecule has 0 saturated carbocycles. The molecule has 1 aromatic rings. The van der Waals surface area contributed by atoms with Crippen LogP contribution in [-0.4, -0.2) is 72.9 Å². The van der Waals surface area contributed by atoms with Crippen molar-refractivity contribution in [3.8, 4) is 0 Å². The van der Waals surface area contributed by atoms with E-state index in [2.05, 4.69) is 5.43 Å². The minimum atomic E-state index is -0.835. The lowest BCUT2D eigenvalue weighted by molar-refractivity contribution is -0.148. The molecule has 1 fully saturated rings. The molecule has 0 spiro atoms. The number of nitrogens with zero attached hydrogens (tertiary/aromatic N) is 2. The minimum absolute atomic E-state index is 0.0339. The van der Waals surface area contributed by atoms with Crippen molar-refractivity contribution in [3.05, 3.63) is 35.9 Å². The fourth-order valence-electron chi connectivity index (χ4n) is 3.59. The van der Waals surface area contributed by atoms with Gasteiger partial charge in [-0.1, -0.05) is 51.1 Å². The van der Waals surface area contributed by atoms with Gasteiger partial charge in [-0.15, -0.1) is 0 Å². The predicted octanol–water partition coefficient (Wildman–Crippen LogP) is 2.75. The predicted molar refractivity (Wildman–Crippen MR) is 123 cm³/mol. The first-order valence-corrected chi connectivity index (χ1v) is 11.6. The molecule has 33 heavy (non-hydrogen) atoms. The van der Waals surface area contributed by atoms with E-state index < -0.39 is 18.1 Å². The maximum Gasteiger partial charge on any atom is 0.425 e. The van der Waals surface area contributed by atoms with Crippen molar-refractivity contribution in [2.75, 3.05) is 32.8 Å². The highest BCUT2D eigenvalue weighted by Gasteiger charge is 2.36. The van der Waals surface area contributed by atoms with Gasteiger partial charge < -0.3 is 19.1 Å². The molecule has 1 unspecified atom stereocenters. The summed E-state index contributed by atoms with van der Waals surface area (Å²) in [6, 6.07) is 8.44. The molecule has 0 aromatic heterocycles. The van der Waals surface area contributed by atoms with Crippen LogP contribution in [0.5, 0.6) is 0 Å². The molecule has 1 saturated heterocycles. The number of carbonyl (C=O) groups excluding carboxylic acids is 3. The van der Waals surface area contributed by atoms with E-state index in [4.69, 9.17) is 14.2 Å². The molecule has 184 valence electrons. The first kappa shape index (κ1) is 26.6. The Balaban J connectivity index is 2.21. The highest BCUT2D eigenvalue weighted by atomic mass is 16.6. The molecule has 9 nitrogen and oxygen atoms in total. The van der Waals surface area contributed by atoms with Crippen LogP contribution in [0.15, 0.2) is 30.3 Å². The second-order valence-electron chi connectivity index (χ2n) is 8.38. The Hall–Kier alpha value is -2.65. The van der Waals surface area contributed by atoms with Crippen LogP contribution < -0.4 is 5.43 Å². The number of hydrazine groups is 1. The number of rotatable bonds is 11. The summed E-state index contributed by atoms with van der Waals surface area (Å²) in [4.78, 5) is 40.4. The number of ether oxygens (including phenoxy) is 3. The number of morpholine rings is 1. The standard InChI is InChI=1S/C24H37N3O6/c1-5-20-16-26(12-13-32-20)23(29)21(14-18(3)4)27(25-15-22(28)31-6-2)24(30)33-17-19-10-8-7-9-11-19/h7-11,18,20-21,25H,5-6,12-17H2,1-4H3/t20?,21-/m0/s1. The van der Waals surface area contributed by atoms with Crippen molar-refractivity contribution < 1.29 is 28.6 Å². The number of carbonyl (C=O) groups is 3. The molecule has 1 aliphatic rings. The van der Waals surface area contributed by atoms with Gasteiger partial charge in [-0.2, -0.15) is 0 Å². The van der Waals surface area contributed by atoms with Gasteiger partial charge >= 0.3 is 12.1 Å². The van der Waals surface area contributed by atoms with Gasteiger partial charge in [-0.25, -0.2) is 15.2 Å². The van der Waals surface area contributed by atoms with E-state index >= 15 is 0 Å². The number of hydrogen-bond acceptors (Lipinski definition) is 7. The number of nitrogens with one attached hydrogen (secondary N) is 1. The Bertz CT molecular complexity index is 758. The first-order valence-electron chi connectivity index (χ1n) is 11.6. The maximum absolute atomic E-state index is 13.6. The molecule has 2 atom stereocenters. The summed E-state index contributed by atoms with van der Waals surface area (Å²) >= 11 is 0. The Morgan fingerprint density at radius 3 is 2.55 bits per heavy atom. The number of amides is 2. The molecule has 1 N–H and O–H groups in total. The second-order valence-corrected chi connectivity index (χ2v) is 8.38. The molecule has 1 aromatic carbocycles. The third-order valence-electron chi connectivity index (χ3n) is 5.30. The zero-order valence-electron chi connectivity index (χ0n) is 20.1. The zero-order valence-corrected chi connectivity index (χ0v) is 20.1. The van der Waals surface area contributed by atoms with Gasteiger partial charge in [0, 0.05) is 13.1 Å². The first-order chi connectivity index (χ1) is 15.8. The third kappa shape index (κ3) is 8.66. The van der Waals surface area contributed by atoms with Gasteiger partial charge in [0.1, 0.15) is 19.2 Å². The van der Waals surface area contributed by atoms with E-state index in [-0.39, 0.29) is 37.7 Å². The highest BCUT2D eigenvalue weighted by Crippen LogP contribution is 2.18. The summed E-state index contributed by atoms with van der Waals surface area (Å²) < 4.78 is 16.2. The number of benzene rings is 1. The zero-order chi connectivity index (χ0) is 24.2. The van der Waals surface area contributed by atoms with Crippen LogP contribution in [0.3, 0.4) is 0 Å². The van der Waals surface area contributed by atoms with E-state index in [1.807, 2.05) is 51.1 Å². The van der Waals surface area contributed by atoms with Crippen LogP contribution in [0.4, 0.5) is 4.79 Å². The van der Waals surface area contributed by atoms with Gasteiger partial charge in [0.15, 0.2) is 0 Å². The largest absolute Gasteiger partial charge is 0.465 e. The van der Waals surface area contributed by atoms with E-state index in [0.29, 0.717) is 26.1 Å². The molecule has 2 amide bonds. The fraction of sp³-hybridized carbons (Fsp3) is 0.625. The van der Waals surface area contributed by atoms with Gasteiger partial charge in [0.05, 0.1) is 19.3 Å². The molecule has 1 heterocycles. The van der Waals surface area contributed by atoms with Gasteiger partial charge in [0.2, 0.25) is 5.91 Å². The fourth-order valence-corrected chi connectivity index (χ4v) is 3.59. The molecule has 9 heteroatoms. The second kappa shape index (κ2) is 13.8. The van der Waals surface area contributed by atoms with Crippen LogP contribution in [0.25, 0.3) is 0 Å². The quantitative estimate of drug-likeness (QED) is 0.398. The average Bonchev–Trinajstić information content (AvgIpc) is 2.82. The van der Waals surface area contributed by atoms with E-state index in [1.165, 1.54) is 0 Å². The van der Waals surface area contributed by atoms with Crippen LogP contribution >= 0.6 is 0 Å².